The first kappa shape index (κ1) is 18.1. The number of benzene rings is 1. The van der Waals surface area contributed by atoms with E-state index < -0.39 is 11.9 Å². The third-order valence-electron chi connectivity index (χ3n) is 2.61. The van der Waals surface area contributed by atoms with Crippen LogP contribution in [0.3, 0.4) is 0 Å². The Hall–Kier alpha value is -1.21. The van der Waals surface area contributed by atoms with E-state index in [2.05, 4.69) is 5.32 Å². The first-order chi connectivity index (χ1) is 11.0. The molecule has 0 aliphatic heterocycles. The fourth-order valence-corrected chi connectivity index (χ4v) is 3.80. The summed E-state index contributed by atoms with van der Waals surface area (Å²) in [5, 5.41) is 3.01. The molecule has 1 aromatic carbocycles. The van der Waals surface area contributed by atoms with Gasteiger partial charge in [0.2, 0.25) is 0 Å². The molecule has 1 amide bonds. The van der Waals surface area contributed by atoms with Gasteiger partial charge in [0.25, 0.3) is 5.91 Å². The van der Waals surface area contributed by atoms with Gasteiger partial charge in [-0.25, -0.2) is 0 Å². The molecule has 0 saturated heterocycles. The Morgan fingerprint density at radius 2 is 1.96 bits per heavy atom. The van der Waals surface area contributed by atoms with Crippen molar-refractivity contribution in [3.8, 4) is 0 Å². The van der Waals surface area contributed by atoms with Crippen LogP contribution in [-0.2, 0) is 20.1 Å². The number of carbonyl (C=O) groups excluding carboxylic acids is 2. The van der Waals surface area contributed by atoms with Gasteiger partial charge in [-0.15, -0.1) is 23.1 Å². The van der Waals surface area contributed by atoms with E-state index in [1.54, 1.807) is 24.3 Å². The van der Waals surface area contributed by atoms with Crippen LogP contribution in [-0.4, -0.2) is 24.2 Å². The largest absolute Gasteiger partial charge is 0.455 e. The second-order valence-corrected chi connectivity index (χ2v) is 7.58. The van der Waals surface area contributed by atoms with Crippen molar-refractivity contribution >= 4 is 63.9 Å². The molecule has 0 atom stereocenters. The van der Waals surface area contributed by atoms with Crippen LogP contribution in [0.2, 0.25) is 9.36 Å². The average Bonchev–Trinajstić information content (AvgIpc) is 2.93. The monoisotopic (exact) mass is 389 g/mol. The van der Waals surface area contributed by atoms with Crippen LogP contribution in [0.4, 0.5) is 5.69 Å². The maximum Gasteiger partial charge on any atom is 0.316 e. The van der Waals surface area contributed by atoms with Crippen LogP contribution in [0.25, 0.3) is 0 Å². The molecule has 0 aliphatic carbocycles. The number of thiophene rings is 1. The van der Waals surface area contributed by atoms with Crippen molar-refractivity contribution in [1.82, 2.24) is 0 Å². The van der Waals surface area contributed by atoms with Crippen LogP contribution < -0.4 is 5.32 Å². The molecule has 2 rings (SSSR count). The van der Waals surface area contributed by atoms with Crippen LogP contribution in [0.5, 0.6) is 0 Å². The molecule has 0 aliphatic rings. The Kier molecular flexibility index (Phi) is 7.23. The minimum absolute atomic E-state index is 0.175. The lowest BCUT2D eigenvalue weighted by Gasteiger charge is -2.07. The molecule has 1 N–H and O–H groups in total. The zero-order chi connectivity index (χ0) is 16.7. The molecular weight excluding hydrogens is 377 g/mol. The highest BCUT2D eigenvalue weighted by molar-refractivity contribution is 7.99. The summed E-state index contributed by atoms with van der Waals surface area (Å²) in [7, 11) is 0. The summed E-state index contributed by atoms with van der Waals surface area (Å²) in [6.07, 6.45) is 0. The molecule has 0 fully saturated rings. The molecule has 4 nitrogen and oxygen atoms in total. The molecule has 2 aromatic rings. The number of esters is 1. The lowest BCUT2D eigenvalue weighted by Crippen LogP contribution is -2.21. The quantitative estimate of drug-likeness (QED) is 0.709. The van der Waals surface area contributed by atoms with Gasteiger partial charge < -0.3 is 10.1 Å². The summed E-state index contributed by atoms with van der Waals surface area (Å²) in [5.41, 5.74) is 0.485. The van der Waals surface area contributed by atoms with E-state index in [1.807, 2.05) is 12.1 Å². The van der Waals surface area contributed by atoms with Crippen LogP contribution in [0.15, 0.2) is 36.4 Å². The highest BCUT2D eigenvalue weighted by Gasteiger charge is 2.10. The predicted molar refractivity (Wildman–Crippen MR) is 96.5 cm³/mol. The molecule has 0 radical (unpaired) electrons. The van der Waals surface area contributed by atoms with Crippen molar-refractivity contribution in [2.45, 2.75) is 5.75 Å². The minimum Gasteiger partial charge on any atom is -0.455 e. The Labute approximate surface area is 152 Å². The van der Waals surface area contributed by atoms with Gasteiger partial charge in [-0.05, 0) is 24.3 Å². The van der Waals surface area contributed by atoms with Gasteiger partial charge in [-0.1, -0.05) is 35.3 Å². The lowest BCUT2D eigenvalue weighted by atomic mass is 10.3. The van der Waals surface area contributed by atoms with Crippen LogP contribution in [0.1, 0.15) is 4.88 Å². The van der Waals surface area contributed by atoms with E-state index in [0.717, 1.165) is 9.21 Å². The van der Waals surface area contributed by atoms with E-state index in [9.17, 15) is 9.59 Å². The summed E-state index contributed by atoms with van der Waals surface area (Å²) < 4.78 is 5.64. The number of halogens is 2. The van der Waals surface area contributed by atoms with Crippen molar-refractivity contribution in [3.05, 3.63) is 50.6 Å². The van der Waals surface area contributed by atoms with E-state index in [4.69, 9.17) is 27.9 Å². The number of hydrogen-bond donors (Lipinski definition) is 1. The van der Waals surface area contributed by atoms with Crippen LogP contribution >= 0.6 is 46.3 Å². The van der Waals surface area contributed by atoms with E-state index in [-0.39, 0.29) is 12.4 Å². The third-order valence-corrected chi connectivity index (χ3v) is 5.30. The summed E-state index contributed by atoms with van der Waals surface area (Å²) in [6.45, 7) is -0.338. The normalized spacial score (nSPS) is 10.3. The molecule has 1 aromatic heterocycles. The van der Waals surface area contributed by atoms with Gasteiger partial charge in [0.15, 0.2) is 6.61 Å². The smallest absolute Gasteiger partial charge is 0.316 e. The first-order valence-corrected chi connectivity index (χ1v) is 9.29. The average molecular weight is 390 g/mol. The molecule has 23 heavy (non-hydrogen) atoms. The van der Waals surface area contributed by atoms with Gasteiger partial charge in [-0.3, -0.25) is 9.59 Å². The van der Waals surface area contributed by atoms with E-state index in [1.165, 1.54) is 23.1 Å². The minimum atomic E-state index is -0.438. The fourth-order valence-electron chi connectivity index (χ4n) is 1.60. The fraction of sp³-hybridized carbons (Fsp3) is 0.200. The SMILES string of the molecule is O=C(COC(=O)CSCc1ccc(Cl)s1)Nc1ccccc1Cl. The number of rotatable bonds is 7. The van der Waals surface area contributed by atoms with Gasteiger partial charge in [-0.2, -0.15) is 0 Å². The number of nitrogens with one attached hydrogen (secondary N) is 1. The molecule has 122 valence electrons. The summed E-state index contributed by atoms with van der Waals surface area (Å²) >= 11 is 14.6. The number of amides is 1. The Morgan fingerprint density at radius 1 is 1.17 bits per heavy atom. The second kappa shape index (κ2) is 9.17. The topological polar surface area (TPSA) is 55.4 Å². The standard InChI is InChI=1S/C15H13Cl2NO3S2/c16-11-3-1-2-4-12(11)18-14(19)7-21-15(20)9-22-8-10-5-6-13(17)23-10/h1-6H,7-9H2,(H,18,19). The molecular formula is C15H13Cl2NO3S2. The molecule has 0 spiro atoms. The summed E-state index contributed by atoms with van der Waals surface area (Å²) in [6, 6.07) is 10.6. The first-order valence-electron chi connectivity index (χ1n) is 6.56. The van der Waals surface area contributed by atoms with Gasteiger partial charge in [0, 0.05) is 10.6 Å². The highest BCUT2D eigenvalue weighted by atomic mass is 35.5. The lowest BCUT2D eigenvalue weighted by molar-refractivity contribution is -0.144. The second-order valence-electron chi connectivity index (χ2n) is 4.39. The Bertz CT molecular complexity index is 691. The van der Waals surface area contributed by atoms with Gasteiger partial charge in [0.1, 0.15) is 0 Å². The zero-order valence-corrected chi connectivity index (χ0v) is 15.0. The van der Waals surface area contributed by atoms with Crippen molar-refractivity contribution in [2.75, 3.05) is 17.7 Å². The number of ether oxygens (including phenoxy) is 1. The van der Waals surface area contributed by atoms with E-state index in [0.29, 0.717) is 16.5 Å². The number of para-hydroxylation sites is 1. The molecule has 0 unspecified atom stereocenters. The Morgan fingerprint density at radius 3 is 2.65 bits per heavy atom. The maximum atomic E-state index is 11.7. The predicted octanol–water partition coefficient (Wildman–Crippen LogP) is 4.47. The highest BCUT2D eigenvalue weighted by Crippen LogP contribution is 2.25. The maximum absolute atomic E-state index is 11.7. The van der Waals surface area contributed by atoms with Gasteiger partial charge in [0.05, 0.1) is 20.8 Å². The van der Waals surface area contributed by atoms with Gasteiger partial charge >= 0.3 is 5.97 Å². The zero-order valence-electron chi connectivity index (χ0n) is 11.9. The number of thioether (sulfide) groups is 1. The van der Waals surface area contributed by atoms with Crippen LogP contribution in [0, 0.1) is 0 Å². The van der Waals surface area contributed by atoms with E-state index >= 15 is 0 Å². The summed E-state index contributed by atoms with van der Waals surface area (Å²) in [4.78, 5) is 24.4. The Balaban J connectivity index is 1.65. The molecule has 1 heterocycles. The number of hydrogen-bond acceptors (Lipinski definition) is 5. The van der Waals surface area contributed by atoms with Crippen molar-refractivity contribution < 1.29 is 14.3 Å². The van der Waals surface area contributed by atoms with Crippen molar-refractivity contribution in [2.24, 2.45) is 0 Å². The summed E-state index contributed by atoms with van der Waals surface area (Å²) in [5.74, 6) is -0.0128. The van der Waals surface area contributed by atoms with Crippen molar-refractivity contribution in [1.29, 1.82) is 0 Å². The third kappa shape index (κ3) is 6.43. The number of anilines is 1. The number of carbonyl (C=O) groups is 2. The van der Waals surface area contributed by atoms with Crippen molar-refractivity contribution in [3.63, 3.8) is 0 Å². The molecule has 8 heteroatoms. The molecule has 0 bridgehead atoms. The molecule has 0 saturated carbocycles.